The molecule has 1 saturated heterocycles. The van der Waals surface area contributed by atoms with Gasteiger partial charge in [0.1, 0.15) is 12.1 Å². The SMILES string of the molecule is C=C(C[C@@H](C(=O)OCC)N1C(=O)[C@H](C)O[C@@H]1c1ccccc1)C(=O)OC. The highest BCUT2D eigenvalue weighted by Crippen LogP contribution is 2.34. The summed E-state index contributed by atoms with van der Waals surface area (Å²) in [5.41, 5.74) is 0.799. The van der Waals surface area contributed by atoms with Crippen LogP contribution in [0.1, 0.15) is 32.1 Å². The third-order valence-corrected chi connectivity index (χ3v) is 4.08. The van der Waals surface area contributed by atoms with Crippen molar-refractivity contribution >= 4 is 17.8 Å². The van der Waals surface area contributed by atoms with Gasteiger partial charge in [-0.2, -0.15) is 0 Å². The maximum absolute atomic E-state index is 12.7. The Balaban J connectivity index is 2.38. The summed E-state index contributed by atoms with van der Waals surface area (Å²) in [6, 6.07) is 8.05. The molecule has 0 saturated carbocycles. The predicted octanol–water partition coefficient (Wildman–Crippen LogP) is 1.98. The van der Waals surface area contributed by atoms with Gasteiger partial charge in [-0.25, -0.2) is 9.59 Å². The van der Waals surface area contributed by atoms with Crippen molar-refractivity contribution in [2.45, 2.75) is 38.6 Å². The standard InChI is InChI=1S/C19H23NO6/c1-5-25-19(23)15(11-12(2)18(22)24-4)20-16(21)13(3)26-17(20)14-9-7-6-8-10-14/h6-10,13,15,17H,2,5,11H2,1,3-4H3/t13-,15-,17+/m0/s1. The van der Waals surface area contributed by atoms with Crippen molar-refractivity contribution in [3.63, 3.8) is 0 Å². The van der Waals surface area contributed by atoms with Crippen molar-refractivity contribution in [1.29, 1.82) is 0 Å². The molecule has 140 valence electrons. The molecule has 26 heavy (non-hydrogen) atoms. The zero-order valence-corrected chi connectivity index (χ0v) is 15.1. The van der Waals surface area contributed by atoms with E-state index >= 15 is 0 Å². The van der Waals surface area contributed by atoms with Crippen molar-refractivity contribution in [2.24, 2.45) is 0 Å². The molecule has 7 nitrogen and oxygen atoms in total. The van der Waals surface area contributed by atoms with Crippen LogP contribution in [-0.2, 0) is 28.6 Å². The Morgan fingerprint density at radius 3 is 2.54 bits per heavy atom. The minimum atomic E-state index is -1.04. The van der Waals surface area contributed by atoms with Crippen molar-refractivity contribution in [2.75, 3.05) is 13.7 Å². The van der Waals surface area contributed by atoms with Gasteiger partial charge in [-0.05, 0) is 13.8 Å². The van der Waals surface area contributed by atoms with E-state index < -0.39 is 30.3 Å². The monoisotopic (exact) mass is 361 g/mol. The number of carbonyl (C=O) groups excluding carboxylic acids is 3. The van der Waals surface area contributed by atoms with Gasteiger partial charge in [-0.15, -0.1) is 0 Å². The molecule has 0 aromatic heterocycles. The third kappa shape index (κ3) is 4.11. The van der Waals surface area contributed by atoms with E-state index in [-0.39, 0.29) is 24.5 Å². The van der Waals surface area contributed by atoms with E-state index in [9.17, 15) is 14.4 Å². The fourth-order valence-electron chi connectivity index (χ4n) is 2.81. The Labute approximate surface area is 152 Å². The molecular weight excluding hydrogens is 338 g/mol. The number of ether oxygens (including phenoxy) is 3. The molecule has 1 heterocycles. The quantitative estimate of drug-likeness (QED) is 0.546. The summed E-state index contributed by atoms with van der Waals surface area (Å²) in [5, 5.41) is 0. The molecule has 1 amide bonds. The summed E-state index contributed by atoms with van der Waals surface area (Å²) >= 11 is 0. The first-order chi connectivity index (χ1) is 12.4. The van der Waals surface area contributed by atoms with Crippen molar-refractivity contribution < 1.29 is 28.6 Å². The van der Waals surface area contributed by atoms with Crippen LogP contribution < -0.4 is 0 Å². The number of hydrogen-bond donors (Lipinski definition) is 0. The molecule has 1 aromatic rings. The maximum atomic E-state index is 12.7. The van der Waals surface area contributed by atoms with E-state index in [0.29, 0.717) is 0 Å². The fraction of sp³-hybridized carbons (Fsp3) is 0.421. The largest absolute Gasteiger partial charge is 0.466 e. The predicted molar refractivity (Wildman–Crippen MR) is 92.8 cm³/mol. The summed E-state index contributed by atoms with van der Waals surface area (Å²) in [7, 11) is 1.23. The minimum absolute atomic E-state index is 0.0738. The van der Waals surface area contributed by atoms with Crippen molar-refractivity contribution in [3.05, 3.63) is 48.0 Å². The molecule has 3 atom stereocenters. The number of methoxy groups -OCH3 is 1. The summed E-state index contributed by atoms with van der Waals surface area (Å²) in [4.78, 5) is 38.3. The molecule has 1 fully saturated rings. The fourth-order valence-corrected chi connectivity index (χ4v) is 2.81. The highest BCUT2D eigenvalue weighted by atomic mass is 16.5. The average Bonchev–Trinajstić information content (AvgIpc) is 2.94. The van der Waals surface area contributed by atoms with E-state index in [4.69, 9.17) is 9.47 Å². The first kappa shape index (κ1) is 19.7. The lowest BCUT2D eigenvalue weighted by Gasteiger charge is -2.30. The first-order valence-corrected chi connectivity index (χ1v) is 8.36. The summed E-state index contributed by atoms with van der Waals surface area (Å²) in [5.74, 6) is -1.62. The molecule has 0 spiro atoms. The number of hydrogen-bond acceptors (Lipinski definition) is 6. The van der Waals surface area contributed by atoms with Gasteiger partial charge in [0.25, 0.3) is 5.91 Å². The summed E-state index contributed by atoms with van der Waals surface area (Å²) in [6.07, 6.45) is -1.57. The van der Waals surface area contributed by atoms with Crippen LogP contribution >= 0.6 is 0 Å². The van der Waals surface area contributed by atoms with Gasteiger partial charge in [-0.1, -0.05) is 36.9 Å². The van der Waals surface area contributed by atoms with Gasteiger partial charge in [0.2, 0.25) is 0 Å². The third-order valence-electron chi connectivity index (χ3n) is 4.08. The lowest BCUT2D eigenvalue weighted by molar-refractivity contribution is -0.156. The van der Waals surface area contributed by atoms with E-state index in [2.05, 4.69) is 11.3 Å². The minimum Gasteiger partial charge on any atom is -0.466 e. The number of amides is 1. The van der Waals surface area contributed by atoms with Gasteiger partial charge >= 0.3 is 11.9 Å². The highest BCUT2D eigenvalue weighted by molar-refractivity contribution is 5.92. The zero-order valence-electron chi connectivity index (χ0n) is 15.1. The van der Waals surface area contributed by atoms with E-state index in [0.717, 1.165) is 5.56 Å². The second kappa shape index (κ2) is 8.62. The van der Waals surface area contributed by atoms with Crippen LogP contribution in [0.2, 0.25) is 0 Å². The molecule has 1 aromatic carbocycles. The lowest BCUT2D eigenvalue weighted by atomic mass is 10.0. The van der Waals surface area contributed by atoms with Gasteiger partial charge in [-0.3, -0.25) is 9.69 Å². The van der Waals surface area contributed by atoms with Crippen LogP contribution in [0.15, 0.2) is 42.5 Å². The molecule has 1 aliphatic heterocycles. The van der Waals surface area contributed by atoms with Gasteiger partial charge in [0, 0.05) is 17.6 Å². The van der Waals surface area contributed by atoms with E-state index in [1.807, 2.05) is 18.2 Å². The topological polar surface area (TPSA) is 82.1 Å². The van der Waals surface area contributed by atoms with Crippen LogP contribution in [0.25, 0.3) is 0 Å². The second-order valence-electron chi connectivity index (χ2n) is 5.85. The summed E-state index contributed by atoms with van der Waals surface area (Å²) in [6.45, 7) is 7.10. The maximum Gasteiger partial charge on any atom is 0.333 e. The number of rotatable bonds is 7. The smallest absolute Gasteiger partial charge is 0.333 e. The normalized spacial score (nSPS) is 20.6. The van der Waals surface area contributed by atoms with E-state index in [1.165, 1.54) is 12.0 Å². The molecule has 2 rings (SSSR count). The molecule has 7 heteroatoms. The van der Waals surface area contributed by atoms with Crippen LogP contribution in [-0.4, -0.2) is 48.6 Å². The van der Waals surface area contributed by atoms with Crippen LogP contribution in [0, 0.1) is 0 Å². The Hall–Kier alpha value is -2.67. The van der Waals surface area contributed by atoms with Crippen LogP contribution in [0.3, 0.4) is 0 Å². The summed E-state index contributed by atoms with van der Waals surface area (Å²) < 4.78 is 15.5. The van der Waals surface area contributed by atoms with Gasteiger partial charge in [0.05, 0.1) is 13.7 Å². The van der Waals surface area contributed by atoms with Crippen molar-refractivity contribution in [3.8, 4) is 0 Å². The Morgan fingerprint density at radius 2 is 1.96 bits per heavy atom. The number of benzene rings is 1. The van der Waals surface area contributed by atoms with Crippen LogP contribution in [0.5, 0.6) is 0 Å². The van der Waals surface area contributed by atoms with Crippen molar-refractivity contribution in [1.82, 2.24) is 4.90 Å². The molecular formula is C19H23NO6. The van der Waals surface area contributed by atoms with Gasteiger partial charge < -0.3 is 14.2 Å². The average molecular weight is 361 g/mol. The number of nitrogens with zero attached hydrogens (tertiary/aromatic N) is 1. The number of carbonyl (C=O) groups is 3. The Morgan fingerprint density at radius 1 is 1.31 bits per heavy atom. The van der Waals surface area contributed by atoms with Crippen LogP contribution in [0.4, 0.5) is 0 Å². The van der Waals surface area contributed by atoms with Gasteiger partial charge in [0.15, 0.2) is 6.23 Å². The molecule has 1 aliphatic rings. The molecule has 0 aliphatic carbocycles. The highest BCUT2D eigenvalue weighted by Gasteiger charge is 2.46. The Kier molecular flexibility index (Phi) is 6.52. The number of esters is 2. The van der Waals surface area contributed by atoms with E-state index in [1.54, 1.807) is 26.0 Å². The molecule has 0 N–H and O–H groups in total. The molecule has 0 bridgehead atoms. The first-order valence-electron chi connectivity index (χ1n) is 8.36. The Bertz CT molecular complexity index is 687. The second-order valence-corrected chi connectivity index (χ2v) is 5.85. The lowest BCUT2D eigenvalue weighted by Crippen LogP contribution is -2.46. The zero-order chi connectivity index (χ0) is 19.3. The molecule has 0 radical (unpaired) electrons. The molecule has 0 unspecified atom stereocenters.